The molecule has 26 heavy (non-hydrogen) atoms. The second-order valence-electron chi connectivity index (χ2n) is 9.71. The number of rotatable bonds is 4. The Morgan fingerprint density at radius 1 is 0.923 bits per heavy atom. The van der Waals surface area contributed by atoms with Crippen molar-refractivity contribution in [2.45, 2.75) is 84.1 Å². The van der Waals surface area contributed by atoms with Crippen LogP contribution in [-0.4, -0.2) is 14.5 Å². The maximum Gasteiger partial charge on any atom is 0.241 e. The summed E-state index contributed by atoms with van der Waals surface area (Å²) in [7, 11) is -3.51. The Labute approximate surface area is 159 Å². The molecule has 0 amide bonds. The van der Waals surface area contributed by atoms with Crippen LogP contribution in [0.1, 0.15) is 67.7 Å². The van der Waals surface area contributed by atoms with Gasteiger partial charge in [-0.25, -0.2) is 13.1 Å². The number of sulfonamides is 1. The van der Waals surface area contributed by atoms with Gasteiger partial charge in [-0.05, 0) is 119 Å². The number of nitrogens with one attached hydrogen (secondary N) is 1. The summed E-state index contributed by atoms with van der Waals surface area (Å²) in [5.74, 6) is 2.49. The van der Waals surface area contributed by atoms with Crippen LogP contribution in [0.15, 0.2) is 11.0 Å². The zero-order valence-corrected chi connectivity index (χ0v) is 17.7. The minimum atomic E-state index is -3.51. The first kappa shape index (κ1) is 18.5. The van der Waals surface area contributed by atoms with E-state index in [0.29, 0.717) is 4.90 Å². The van der Waals surface area contributed by atoms with Gasteiger partial charge in [0.1, 0.15) is 0 Å². The van der Waals surface area contributed by atoms with Gasteiger partial charge in [-0.15, -0.1) is 0 Å². The average Bonchev–Trinajstić information content (AvgIpc) is 2.51. The molecule has 4 aliphatic carbocycles. The lowest BCUT2D eigenvalue weighted by Gasteiger charge is -2.59. The molecule has 0 aliphatic heterocycles. The third-order valence-corrected chi connectivity index (χ3v) is 9.72. The van der Waals surface area contributed by atoms with E-state index in [2.05, 4.69) is 17.7 Å². The molecule has 1 aromatic carbocycles. The van der Waals surface area contributed by atoms with E-state index in [-0.39, 0.29) is 11.5 Å². The lowest BCUT2D eigenvalue weighted by molar-refractivity contribution is -0.0666. The standard InChI is InChI=1S/C22H33NO2S/c1-13-6-14(2)16(4)21(15(13)3)26(24,25)23-17(5)22-10-18-7-19(11-22)9-20(8-18)12-22/h6,17-20,23H,7-12H2,1-5H3. The van der Waals surface area contributed by atoms with Gasteiger partial charge < -0.3 is 0 Å². The number of aryl methyl sites for hydroxylation is 2. The second kappa shape index (κ2) is 6.07. The molecule has 1 atom stereocenters. The molecule has 0 spiro atoms. The molecule has 1 unspecified atom stereocenters. The van der Waals surface area contributed by atoms with Gasteiger partial charge in [0.2, 0.25) is 10.0 Å². The van der Waals surface area contributed by atoms with Gasteiger partial charge in [-0.2, -0.15) is 0 Å². The normalized spacial score (nSPS) is 34.3. The van der Waals surface area contributed by atoms with Gasteiger partial charge in [0.15, 0.2) is 0 Å². The molecule has 4 aliphatic rings. The first-order valence-electron chi connectivity index (χ1n) is 10.2. The monoisotopic (exact) mass is 375 g/mol. The maximum atomic E-state index is 13.4. The minimum Gasteiger partial charge on any atom is -0.208 e. The fourth-order valence-corrected chi connectivity index (χ4v) is 8.67. The van der Waals surface area contributed by atoms with Gasteiger partial charge in [0.25, 0.3) is 0 Å². The van der Waals surface area contributed by atoms with E-state index in [9.17, 15) is 8.42 Å². The van der Waals surface area contributed by atoms with Crippen molar-refractivity contribution in [3.63, 3.8) is 0 Å². The first-order valence-corrected chi connectivity index (χ1v) is 11.7. The van der Waals surface area contributed by atoms with Gasteiger partial charge in [0.05, 0.1) is 4.90 Å². The van der Waals surface area contributed by atoms with E-state index in [0.717, 1.165) is 40.0 Å². The molecule has 4 fully saturated rings. The molecule has 5 rings (SSSR count). The van der Waals surface area contributed by atoms with Gasteiger partial charge >= 0.3 is 0 Å². The van der Waals surface area contributed by atoms with Crippen molar-refractivity contribution < 1.29 is 8.42 Å². The van der Waals surface area contributed by atoms with Gasteiger partial charge in [-0.1, -0.05) is 6.07 Å². The minimum absolute atomic E-state index is 0.0144. The molecule has 4 saturated carbocycles. The van der Waals surface area contributed by atoms with Crippen molar-refractivity contribution in [3.8, 4) is 0 Å². The lowest BCUT2D eigenvalue weighted by Crippen LogP contribution is -2.55. The summed E-state index contributed by atoms with van der Waals surface area (Å²) >= 11 is 0. The van der Waals surface area contributed by atoms with Crippen LogP contribution in [0.5, 0.6) is 0 Å². The highest BCUT2D eigenvalue weighted by molar-refractivity contribution is 7.89. The van der Waals surface area contributed by atoms with E-state index in [1.165, 1.54) is 38.5 Å². The molecule has 3 nitrogen and oxygen atoms in total. The molecular formula is C22H33NO2S. The van der Waals surface area contributed by atoms with E-state index in [1.807, 2.05) is 27.7 Å². The van der Waals surface area contributed by atoms with E-state index < -0.39 is 10.0 Å². The maximum absolute atomic E-state index is 13.4. The summed E-state index contributed by atoms with van der Waals surface area (Å²) in [6.07, 6.45) is 7.80. The van der Waals surface area contributed by atoms with Crippen molar-refractivity contribution in [2.24, 2.45) is 23.2 Å². The van der Waals surface area contributed by atoms with E-state index >= 15 is 0 Å². The first-order chi connectivity index (χ1) is 12.1. The van der Waals surface area contributed by atoms with Crippen LogP contribution < -0.4 is 4.72 Å². The molecule has 1 N–H and O–H groups in total. The lowest BCUT2D eigenvalue weighted by atomic mass is 9.48. The summed E-state index contributed by atoms with van der Waals surface area (Å²) in [6, 6.07) is 2.10. The van der Waals surface area contributed by atoms with Crippen molar-refractivity contribution in [1.29, 1.82) is 0 Å². The average molecular weight is 376 g/mol. The summed E-state index contributed by atoms with van der Waals surface area (Å²) < 4.78 is 29.9. The highest BCUT2D eigenvalue weighted by atomic mass is 32.2. The molecule has 0 saturated heterocycles. The quantitative estimate of drug-likeness (QED) is 0.821. The Balaban J connectivity index is 1.65. The number of hydrogen-bond donors (Lipinski definition) is 1. The smallest absolute Gasteiger partial charge is 0.208 e. The highest BCUT2D eigenvalue weighted by Gasteiger charge is 2.53. The second-order valence-corrected chi connectivity index (χ2v) is 11.4. The fraction of sp³-hybridized carbons (Fsp3) is 0.727. The van der Waals surface area contributed by atoms with Crippen LogP contribution in [0.3, 0.4) is 0 Å². The van der Waals surface area contributed by atoms with Crippen molar-refractivity contribution in [1.82, 2.24) is 4.72 Å². The topological polar surface area (TPSA) is 46.2 Å². The van der Waals surface area contributed by atoms with Crippen LogP contribution >= 0.6 is 0 Å². The zero-order chi connectivity index (χ0) is 18.9. The summed E-state index contributed by atoms with van der Waals surface area (Å²) in [5, 5.41) is 0. The van der Waals surface area contributed by atoms with Crippen LogP contribution in [0.2, 0.25) is 0 Å². The molecule has 4 heteroatoms. The molecule has 4 bridgehead atoms. The molecule has 144 valence electrons. The van der Waals surface area contributed by atoms with Gasteiger partial charge in [-0.3, -0.25) is 0 Å². The highest BCUT2D eigenvalue weighted by Crippen LogP contribution is 2.61. The molecule has 0 aromatic heterocycles. The predicted molar refractivity (Wildman–Crippen MR) is 106 cm³/mol. The summed E-state index contributed by atoms with van der Waals surface area (Å²) in [6.45, 7) is 10.0. The molecule has 1 aromatic rings. The SMILES string of the molecule is Cc1cc(C)c(C)c(S(=O)(=O)NC(C)C23CC4CC(CC(C4)C2)C3)c1C. The third-order valence-electron chi connectivity index (χ3n) is 7.90. The van der Waals surface area contributed by atoms with Crippen LogP contribution in [0.4, 0.5) is 0 Å². The molecular weight excluding hydrogens is 342 g/mol. The Kier molecular flexibility index (Phi) is 4.31. The van der Waals surface area contributed by atoms with Crippen molar-refractivity contribution in [3.05, 3.63) is 28.3 Å². The summed E-state index contributed by atoms with van der Waals surface area (Å²) in [4.78, 5) is 0.506. The van der Waals surface area contributed by atoms with Crippen molar-refractivity contribution >= 4 is 10.0 Å². The van der Waals surface area contributed by atoms with Gasteiger partial charge in [0, 0.05) is 6.04 Å². The molecule has 0 heterocycles. The summed E-state index contributed by atoms with van der Waals surface area (Å²) in [5.41, 5.74) is 4.06. The zero-order valence-electron chi connectivity index (χ0n) is 16.9. The number of benzene rings is 1. The molecule has 0 radical (unpaired) electrons. The van der Waals surface area contributed by atoms with Crippen molar-refractivity contribution in [2.75, 3.05) is 0 Å². The Bertz CT molecular complexity index is 779. The van der Waals surface area contributed by atoms with Crippen LogP contribution in [-0.2, 0) is 10.0 Å². The Hall–Kier alpha value is -0.870. The fourth-order valence-electron chi connectivity index (χ4n) is 6.71. The third kappa shape index (κ3) is 2.84. The van der Waals surface area contributed by atoms with E-state index in [4.69, 9.17) is 0 Å². The van der Waals surface area contributed by atoms with E-state index in [1.54, 1.807) is 0 Å². The Morgan fingerprint density at radius 2 is 1.35 bits per heavy atom. The largest absolute Gasteiger partial charge is 0.241 e. The Morgan fingerprint density at radius 3 is 1.77 bits per heavy atom. The predicted octanol–water partition coefficient (Wildman–Crippen LogP) is 4.80. The number of hydrogen-bond acceptors (Lipinski definition) is 2. The van der Waals surface area contributed by atoms with Crippen LogP contribution in [0.25, 0.3) is 0 Å². The van der Waals surface area contributed by atoms with Crippen LogP contribution in [0, 0.1) is 50.9 Å².